The van der Waals surface area contributed by atoms with Gasteiger partial charge in [-0.1, -0.05) is 17.7 Å². The van der Waals surface area contributed by atoms with Gasteiger partial charge in [0.25, 0.3) is 0 Å². The summed E-state index contributed by atoms with van der Waals surface area (Å²) in [6.07, 6.45) is 0. The van der Waals surface area contributed by atoms with Gasteiger partial charge in [0.2, 0.25) is 0 Å². The van der Waals surface area contributed by atoms with Crippen molar-refractivity contribution in [3.8, 4) is 10.4 Å². The first-order chi connectivity index (χ1) is 7.99. The number of hydrogen-bond donors (Lipinski definition) is 2. The van der Waals surface area contributed by atoms with E-state index in [0.717, 1.165) is 25.3 Å². The normalized spacial score (nSPS) is 10.5. The number of hydrogen-bond acceptors (Lipinski definition) is 3. The zero-order valence-electron chi connectivity index (χ0n) is 8.41. The Morgan fingerprint density at radius 3 is 2.65 bits per heavy atom. The maximum absolute atomic E-state index is 10.9. The van der Waals surface area contributed by atoms with E-state index in [4.69, 9.17) is 22.4 Å². The van der Waals surface area contributed by atoms with E-state index in [2.05, 4.69) is 22.6 Å². The summed E-state index contributed by atoms with van der Waals surface area (Å²) < 4.78 is 0.955. The average Bonchev–Trinajstić information content (AvgIpc) is 2.64. The predicted molar refractivity (Wildman–Crippen MR) is 78.9 cm³/mol. The molecular weight excluding hydrogens is 373 g/mol. The number of rotatable bonds is 2. The Balaban J connectivity index is 2.50. The molecule has 0 radical (unpaired) electrons. The van der Waals surface area contributed by atoms with Crippen LogP contribution in [0.4, 0.5) is 5.69 Å². The zero-order valence-corrected chi connectivity index (χ0v) is 12.1. The van der Waals surface area contributed by atoms with Gasteiger partial charge in [0, 0.05) is 8.45 Å². The summed E-state index contributed by atoms with van der Waals surface area (Å²) in [5, 5.41) is 9.57. The third-order valence-corrected chi connectivity index (χ3v) is 4.92. The van der Waals surface area contributed by atoms with Crippen molar-refractivity contribution in [2.75, 3.05) is 5.73 Å². The highest BCUT2D eigenvalue weighted by Gasteiger charge is 2.14. The van der Waals surface area contributed by atoms with E-state index in [9.17, 15) is 4.79 Å². The molecule has 0 bridgehead atoms. The molecule has 0 unspecified atom stereocenters. The van der Waals surface area contributed by atoms with E-state index in [-0.39, 0.29) is 10.6 Å². The summed E-state index contributed by atoms with van der Waals surface area (Å²) in [4.78, 5) is 11.9. The molecule has 2 rings (SSSR count). The quantitative estimate of drug-likeness (QED) is 0.777. The predicted octanol–water partition coefficient (Wildman–Crippen LogP) is 3.95. The summed E-state index contributed by atoms with van der Waals surface area (Å²) in [7, 11) is 0. The van der Waals surface area contributed by atoms with Crippen molar-refractivity contribution in [1.29, 1.82) is 0 Å². The second-order valence-corrected chi connectivity index (χ2v) is 5.95. The molecule has 0 atom stereocenters. The number of nitrogens with two attached hydrogens (primary N) is 1. The van der Waals surface area contributed by atoms with Crippen LogP contribution >= 0.6 is 45.5 Å². The van der Waals surface area contributed by atoms with Crippen LogP contribution in [0.3, 0.4) is 0 Å². The molecule has 0 fully saturated rings. The molecule has 88 valence electrons. The van der Waals surface area contributed by atoms with Gasteiger partial charge >= 0.3 is 5.97 Å². The van der Waals surface area contributed by atoms with Crippen LogP contribution in [0.25, 0.3) is 10.4 Å². The van der Waals surface area contributed by atoms with E-state index in [1.165, 1.54) is 0 Å². The van der Waals surface area contributed by atoms with Crippen LogP contribution in [-0.2, 0) is 0 Å². The van der Waals surface area contributed by atoms with Crippen molar-refractivity contribution in [3.63, 3.8) is 0 Å². The van der Waals surface area contributed by atoms with Crippen molar-refractivity contribution >= 4 is 57.2 Å². The zero-order chi connectivity index (χ0) is 12.6. The maximum Gasteiger partial charge on any atom is 0.348 e. The van der Waals surface area contributed by atoms with Gasteiger partial charge in [0.15, 0.2) is 0 Å². The van der Waals surface area contributed by atoms with Crippen LogP contribution < -0.4 is 5.73 Å². The third kappa shape index (κ3) is 2.56. The summed E-state index contributed by atoms with van der Waals surface area (Å²) in [6.45, 7) is 0. The summed E-state index contributed by atoms with van der Waals surface area (Å²) in [5.41, 5.74) is 6.80. The number of anilines is 1. The Morgan fingerprint density at radius 2 is 2.12 bits per heavy atom. The number of aromatic carboxylic acids is 1. The molecule has 3 nitrogen and oxygen atoms in total. The number of carbonyl (C=O) groups is 1. The molecule has 1 aromatic heterocycles. The fourth-order valence-corrected chi connectivity index (χ4v) is 2.79. The lowest BCUT2D eigenvalue weighted by Gasteiger charge is -1.99. The van der Waals surface area contributed by atoms with Gasteiger partial charge in [-0.3, -0.25) is 0 Å². The number of carboxylic acid groups (broad SMARTS) is 1. The molecule has 0 spiro atoms. The van der Waals surface area contributed by atoms with Gasteiger partial charge in [0.05, 0.1) is 10.7 Å². The Morgan fingerprint density at radius 1 is 1.41 bits per heavy atom. The van der Waals surface area contributed by atoms with Crippen molar-refractivity contribution < 1.29 is 9.90 Å². The Kier molecular flexibility index (Phi) is 3.60. The molecule has 17 heavy (non-hydrogen) atoms. The Labute approximate surface area is 120 Å². The molecule has 1 aromatic carbocycles. The van der Waals surface area contributed by atoms with Crippen LogP contribution in [0.5, 0.6) is 0 Å². The lowest BCUT2D eigenvalue weighted by molar-refractivity contribution is 0.0703. The largest absolute Gasteiger partial charge is 0.477 e. The molecule has 0 aliphatic carbocycles. The highest BCUT2D eigenvalue weighted by atomic mass is 127. The number of benzene rings is 1. The second kappa shape index (κ2) is 4.83. The van der Waals surface area contributed by atoms with Gasteiger partial charge in [-0.2, -0.15) is 0 Å². The van der Waals surface area contributed by atoms with Crippen LogP contribution in [-0.4, -0.2) is 11.1 Å². The minimum Gasteiger partial charge on any atom is -0.477 e. The molecule has 0 saturated carbocycles. The maximum atomic E-state index is 10.9. The number of carboxylic acids is 1. The highest BCUT2D eigenvalue weighted by molar-refractivity contribution is 14.1. The lowest BCUT2D eigenvalue weighted by atomic mass is 10.2. The number of thiophene rings is 1. The number of halogens is 2. The van der Waals surface area contributed by atoms with Gasteiger partial charge < -0.3 is 10.8 Å². The summed E-state index contributed by atoms with van der Waals surface area (Å²) in [5.74, 6) is -1.00. The van der Waals surface area contributed by atoms with E-state index < -0.39 is 5.97 Å². The Bertz CT molecular complexity index is 597. The van der Waals surface area contributed by atoms with Gasteiger partial charge in [-0.25, -0.2) is 4.79 Å². The van der Waals surface area contributed by atoms with Gasteiger partial charge in [-0.15, -0.1) is 11.3 Å². The first-order valence-corrected chi connectivity index (χ1v) is 6.84. The minimum atomic E-state index is -1.00. The molecule has 0 aliphatic heterocycles. The van der Waals surface area contributed by atoms with E-state index in [0.29, 0.717) is 5.02 Å². The van der Waals surface area contributed by atoms with Crippen LogP contribution in [0.2, 0.25) is 5.02 Å². The van der Waals surface area contributed by atoms with E-state index in [1.54, 1.807) is 12.1 Å². The molecule has 6 heteroatoms. The monoisotopic (exact) mass is 379 g/mol. The summed E-state index contributed by atoms with van der Waals surface area (Å²) >= 11 is 9.31. The van der Waals surface area contributed by atoms with Crippen molar-refractivity contribution in [1.82, 2.24) is 0 Å². The van der Waals surface area contributed by atoms with Gasteiger partial charge in [0.1, 0.15) is 4.88 Å². The van der Waals surface area contributed by atoms with Crippen LogP contribution in [0.15, 0.2) is 24.3 Å². The smallest absolute Gasteiger partial charge is 0.348 e. The van der Waals surface area contributed by atoms with Crippen LogP contribution in [0.1, 0.15) is 9.67 Å². The topological polar surface area (TPSA) is 63.3 Å². The SMILES string of the molecule is Nc1cc(-c2ccc(I)c(Cl)c2)sc1C(=O)O. The molecule has 0 aliphatic rings. The molecule has 2 aromatic rings. The first kappa shape index (κ1) is 12.7. The standard InChI is InChI=1S/C11H7ClINO2S/c12-6-3-5(1-2-7(6)13)9-4-8(14)10(17-9)11(15)16/h1-4H,14H2,(H,15,16). The van der Waals surface area contributed by atoms with Gasteiger partial charge in [-0.05, 0) is 46.4 Å². The lowest BCUT2D eigenvalue weighted by Crippen LogP contribution is -1.96. The second-order valence-electron chi connectivity index (χ2n) is 3.33. The van der Waals surface area contributed by atoms with Crippen molar-refractivity contribution in [3.05, 3.63) is 37.7 Å². The minimum absolute atomic E-state index is 0.162. The van der Waals surface area contributed by atoms with Crippen LogP contribution in [0, 0.1) is 3.57 Å². The molecule has 0 amide bonds. The Hall–Kier alpha value is -0.790. The molecule has 1 heterocycles. The fourth-order valence-electron chi connectivity index (χ4n) is 1.36. The van der Waals surface area contributed by atoms with Crippen molar-refractivity contribution in [2.24, 2.45) is 0 Å². The van der Waals surface area contributed by atoms with Crippen molar-refractivity contribution in [2.45, 2.75) is 0 Å². The summed E-state index contributed by atoms with van der Waals surface area (Å²) in [6, 6.07) is 7.24. The third-order valence-electron chi connectivity index (χ3n) is 2.16. The number of nitrogen functional groups attached to an aromatic ring is 1. The van der Waals surface area contributed by atoms with E-state index in [1.807, 2.05) is 12.1 Å². The molecular formula is C11H7ClINO2S. The fraction of sp³-hybridized carbons (Fsp3) is 0. The van der Waals surface area contributed by atoms with E-state index >= 15 is 0 Å². The highest BCUT2D eigenvalue weighted by Crippen LogP contribution is 2.35. The molecule has 3 N–H and O–H groups in total. The average molecular weight is 380 g/mol. The molecule has 0 saturated heterocycles. The first-order valence-electron chi connectivity index (χ1n) is 4.57.